The van der Waals surface area contributed by atoms with E-state index in [9.17, 15) is 9.59 Å². The highest BCUT2D eigenvalue weighted by molar-refractivity contribution is 5.92. The number of aryl methyl sites for hydroxylation is 1. The van der Waals surface area contributed by atoms with Gasteiger partial charge in [-0.05, 0) is 23.3 Å². The molecule has 0 saturated heterocycles. The summed E-state index contributed by atoms with van der Waals surface area (Å²) in [6.07, 6.45) is 5.65. The van der Waals surface area contributed by atoms with E-state index >= 15 is 0 Å². The third kappa shape index (κ3) is 4.04. The molecule has 108 valence electrons. The standard InChI is InChI=1S/C15H15N3O3/c1-18-10-16-9-13(18)15(21)17-8-12-4-2-3-11(7-12)5-6-14(19)20/h2-7,9-10H,8H2,1H3,(H,17,21)(H,19,20)/b6-5+. The molecule has 0 aliphatic carbocycles. The van der Waals surface area contributed by atoms with Crippen LogP contribution in [-0.2, 0) is 18.4 Å². The summed E-state index contributed by atoms with van der Waals surface area (Å²) >= 11 is 0. The molecule has 2 rings (SSSR count). The molecule has 6 heteroatoms. The lowest BCUT2D eigenvalue weighted by Crippen LogP contribution is -2.24. The lowest BCUT2D eigenvalue weighted by atomic mass is 10.1. The molecule has 2 N–H and O–H groups in total. The van der Waals surface area contributed by atoms with Crippen molar-refractivity contribution in [2.24, 2.45) is 7.05 Å². The van der Waals surface area contributed by atoms with Crippen molar-refractivity contribution >= 4 is 18.0 Å². The highest BCUT2D eigenvalue weighted by Gasteiger charge is 2.08. The molecule has 0 bridgehead atoms. The average molecular weight is 285 g/mol. The van der Waals surface area contributed by atoms with Crippen LogP contribution in [-0.4, -0.2) is 26.5 Å². The van der Waals surface area contributed by atoms with Gasteiger partial charge in [0.1, 0.15) is 5.69 Å². The normalized spacial score (nSPS) is 10.7. The lowest BCUT2D eigenvalue weighted by Gasteiger charge is -2.06. The zero-order chi connectivity index (χ0) is 15.2. The average Bonchev–Trinajstić information content (AvgIpc) is 2.89. The number of carbonyl (C=O) groups is 2. The molecule has 0 atom stereocenters. The smallest absolute Gasteiger partial charge is 0.328 e. The Morgan fingerprint density at radius 1 is 1.43 bits per heavy atom. The van der Waals surface area contributed by atoms with Crippen molar-refractivity contribution in [2.75, 3.05) is 0 Å². The van der Waals surface area contributed by atoms with Crippen molar-refractivity contribution in [2.45, 2.75) is 6.54 Å². The van der Waals surface area contributed by atoms with Gasteiger partial charge >= 0.3 is 5.97 Å². The predicted octanol–water partition coefficient (Wildman–Crippen LogP) is 1.45. The number of nitrogens with zero attached hydrogens (tertiary/aromatic N) is 2. The number of carboxylic acids is 1. The van der Waals surface area contributed by atoms with Gasteiger partial charge in [0, 0.05) is 19.7 Å². The van der Waals surface area contributed by atoms with Gasteiger partial charge in [-0.3, -0.25) is 4.79 Å². The summed E-state index contributed by atoms with van der Waals surface area (Å²) in [5, 5.41) is 11.4. The molecule has 0 spiro atoms. The second-order valence-electron chi connectivity index (χ2n) is 4.49. The van der Waals surface area contributed by atoms with E-state index in [0.717, 1.165) is 17.2 Å². The zero-order valence-corrected chi connectivity index (χ0v) is 11.5. The van der Waals surface area contributed by atoms with E-state index < -0.39 is 5.97 Å². The maximum absolute atomic E-state index is 11.9. The third-order valence-electron chi connectivity index (χ3n) is 2.87. The number of hydrogen-bond donors (Lipinski definition) is 2. The van der Waals surface area contributed by atoms with Crippen molar-refractivity contribution in [3.63, 3.8) is 0 Å². The number of nitrogens with one attached hydrogen (secondary N) is 1. The molecule has 0 unspecified atom stereocenters. The van der Waals surface area contributed by atoms with Crippen LogP contribution < -0.4 is 5.32 Å². The van der Waals surface area contributed by atoms with Crippen LogP contribution in [0, 0.1) is 0 Å². The van der Waals surface area contributed by atoms with E-state index in [1.54, 1.807) is 24.0 Å². The van der Waals surface area contributed by atoms with Gasteiger partial charge in [-0.1, -0.05) is 18.2 Å². The van der Waals surface area contributed by atoms with Gasteiger partial charge in [0.25, 0.3) is 5.91 Å². The second kappa shape index (κ2) is 6.51. The van der Waals surface area contributed by atoms with Crippen LogP contribution in [0.2, 0.25) is 0 Å². The van der Waals surface area contributed by atoms with Crippen LogP contribution in [0.4, 0.5) is 0 Å². The number of hydrogen-bond acceptors (Lipinski definition) is 3. The molecule has 1 aromatic carbocycles. The lowest BCUT2D eigenvalue weighted by molar-refractivity contribution is -0.131. The van der Waals surface area contributed by atoms with Gasteiger partial charge in [0.15, 0.2) is 0 Å². The summed E-state index contributed by atoms with van der Waals surface area (Å²) in [6.45, 7) is 0.360. The number of aromatic nitrogens is 2. The second-order valence-corrected chi connectivity index (χ2v) is 4.49. The van der Waals surface area contributed by atoms with Crippen LogP contribution in [0.25, 0.3) is 6.08 Å². The molecule has 0 saturated carbocycles. The fourth-order valence-corrected chi connectivity index (χ4v) is 1.82. The minimum atomic E-state index is -0.995. The summed E-state index contributed by atoms with van der Waals surface area (Å²) in [7, 11) is 1.75. The number of carboxylic acid groups (broad SMARTS) is 1. The van der Waals surface area contributed by atoms with Gasteiger partial charge in [-0.2, -0.15) is 0 Å². The monoisotopic (exact) mass is 285 g/mol. The minimum Gasteiger partial charge on any atom is -0.478 e. The molecular weight excluding hydrogens is 270 g/mol. The minimum absolute atomic E-state index is 0.207. The van der Waals surface area contributed by atoms with Gasteiger partial charge in [-0.15, -0.1) is 0 Å². The molecule has 0 aliphatic heterocycles. The first kappa shape index (κ1) is 14.5. The van der Waals surface area contributed by atoms with Crippen LogP contribution in [0.5, 0.6) is 0 Å². The highest BCUT2D eigenvalue weighted by Crippen LogP contribution is 2.07. The topological polar surface area (TPSA) is 84.2 Å². The van der Waals surface area contributed by atoms with Crippen LogP contribution >= 0.6 is 0 Å². The van der Waals surface area contributed by atoms with E-state index in [1.165, 1.54) is 12.3 Å². The summed E-state index contributed by atoms with van der Waals surface area (Å²) < 4.78 is 1.64. The molecular formula is C15H15N3O3. The molecule has 1 aromatic heterocycles. The Labute approximate surface area is 121 Å². The molecule has 0 aliphatic rings. The number of imidazole rings is 1. The first-order chi connectivity index (χ1) is 10.1. The summed E-state index contributed by atoms with van der Waals surface area (Å²) in [4.78, 5) is 26.3. The number of rotatable bonds is 5. The predicted molar refractivity (Wildman–Crippen MR) is 77.5 cm³/mol. The van der Waals surface area contributed by atoms with Crippen molar-refractivity contribution in [1.29, 1.82) is 0 Å². The quantitative estimate of drug-likeness (QED) is 0.814. The Balaban J connectivity index is 2.00. The Bertz CT molecular complexity index is 689. The highest BCUT2D eigenvalue weighted by atomic mass is 16.4. The first-order valence-corrected chi connectivity index (χ1v) is 6.31. The summed E-state index contributed by atoms with van der Waals surface area (Å²) in [5.74, 6) is -1.20. The van der Waals surface area contributed by atoms with Crippen LogP contribution in [0.3, 0.4) is 0 Å². The molecule has 0 fully saturated rings. The third-order valence-corrected chi connectivity index (χ3v) is 2.87. The zero-order valence-electron chi connectivity index (χ0n) is 11.5. The van der Waals surface area contributed by atoms with E-state index in [2.05, 4.69) is 10.3 Å². The van der Waals surface area contributed by atoms with E-state index in [1.807, 2.05) is 18.2 Å². The molecule has 6 nitrogen and oxygen atoms in total. The Morgan fingerprint density at radius 2 is 2.24 bits per heavy atom. The SMILES string of the molecule is Cn1cncc1C(=O)NCc1cccc(/C=C/C(=O)O)c1. The Kier molecular flexibility index (Phi) is 4.50. The van der Waals surface area contributed by atoms with Crippen molar-refractivity contribution < 1.29 is 14.7 Å². The van der Waals surface area contributed by atoms with E-state index in [4.69, 9.17) is 5.11 Å². The molecule has 0 radical (unpaired) electrons. The fraction of sp³-hybridized carbons (Fsp3) is 0.133. The first-order valence-electron chi connectivity index (χ1n) is 6.31. The Morgan fingerprint density at radius 3 is 2.90 bits per heavy atom. The van der Waals surface area contributed by atoms with Gasteiger partial charge in [0.2, 0.25) is 0 Å². The number of carbonyl (C=O) groups excluding carboxylic acids is 1. The van der Waals surface area contributed by atoms with Gasteiger partial charge in [-0.25, -0.2) is 9.78 Å². The van der Waals surface area contributed by atoms with E-state index in [-0.39, 0.29) is 5.91 Å². The Hall–Kier alpha value is -2.89. The number of amides is 1. The summed E-state index contributed by atoms with van der Waals surface area (Å²) in [5.41, 5.74) is 2.14. The van der Waals surface area contributed by atoms with Crippen molar-refractivity contribution in [1.82, 2.24) is 14.9 Å². The van der Waals surface area contributed by atoms with Crippen LogP contribution in [0.15, 0.2) is 42.9 Å². The molecule has 2 aromatic rings. The number of aliphatic carboxylic acids is 1. The van der Waals surface area contributed by atoms with Gasteiger partial charge in [0.05, 0.1) is 12.5 Å². The molecule has 1 heterocycles. The van der Waals surface area contributed by atoms with Crippen LogP contribution in [0.1, 0.15) is 21.6 Å². The van der Waals surface area contributed by atoms with Crippen molar-refractivity contribution in [3.05, 3.63) is 59.7 Å². The molecule has 1 amide bonds. The van der Waals surface area contributed by atoms with Gasteiger partial charge < -0.3 is 15.0 Å². The largest absolute Gasteiger partial charge is 0.478 e. The fourth-order valence-electron chi connectivity index (χ4n) is 1.82. The maximum Gasteiger partial charge on any atom is 0.328 e. The number of benzene rings is 1. The summed E-state index contributed by atoms with van der Waals surface area (Å²) in [6, 6.07) is 7.30. The maximum atomic E-state index is 11.9. The molecule has 21 heavy (non-hydrogen) atoms. The van der Waals surface area contributed by atoms with E-state index in [0.29, 0.717) is 12.2 Å². The van der Waals surface area contributed by atoms with Crippen molar-refractivity contribution in [3.8, 4) is 0 Å².